The molecule has 0 spiro atoms. The van der Waals surface area contributed by atoms with E-state index < -0.39 is 6.04 Å². The molecule has 1 aliphatic heterocycles. The number of aromatic nitrogens is 2. The molecule has 110 valence electrons. The van der Waals surface area contributed by atoms with Gasteiger partial charge in [0.2, 0.25) is 11.8 Å². The lowest BCUT2D eigenvalue weighted by molar-refractivity contribution is -0.139. The predicted octanol–water partition coefficient (Wildman–Crippen LogP) is -0.176. The van der Waals surface area contributed by atoms with Gasteiger partial charge in [-0.1, -0.05) is 0 Å². The van der Waals surface area contributed by atoms with Crippen LogP contribution >= 0.6 is 11.3 Å². The van der Waals surface area contributed by atoms with Gasteiger partial charge in [-0.25, -0.2) is 15.8 Å². The number of rotatable bonds is 3. The number of carbonyl (C=O) groups is 2. The Hall–Kier alpha value is -2.10. The first-order valence-electron chi connectivity index (χ1n) is 6.37. The number of hydrogen-bond acceptors (Lipinski definition) is 8. The van der Waals surface area contributed by atoms with E-state index in [4.69, 9.17) is 5.84 Å². The van der Waals surface area contributed by atoms with Crippen molar-refractivity contribution in [2.45, 2.75) is 19.5 Å². The molecule has 0 aliphatic carbocycles. The Morgan fingerprint density at radius 2 is 2.33 bits per heavy atom. The lowest BCUT2D eigenvalue weighted by atomic mass is 10.2. The fourth-order valence-corrected chi connectivity index (χ4v) is 3.01. The van der Waals surface area contributed by atoms with Crippen molar-refractivity contribution in [3.05, 3.63) is 17.3 Å². The minimum atomic E-state index is -0.403. The zero-order chi connectivity index (χ0) is 15.0. The number of nitrogens with two attached hydrogens (primary N) is 1. The maximum atomic E-state index is 11.7. The fourth-order valence-electron chi connectivity index (χ4n) is 2.22. The third-order valence-corrected chi connectivity index (χ3v) is 4.20. The van der Waals surface area contributed by atoms with Gasteiger partial charge in [0.05, 0.1) is 24.5 Å². The van der Waals surface area contributed by atoms with Crippen LogP contribution in [0.2, 0.25) is 0 Å². The van der Waals surface area contributed by atoms with Crippen LogP contribution in [-0.2, 0) is 16.1 Å². The highest BCUT2D eigenvalue weighted by Gasteiger charge is 2.30. The molecule has 1 fully saturated rings. The van der Waals surface area contributed by atoms with Crippen molar-refractivity contribution in [2.24, 2.45) is 5.84 Å². The molecule has 1 aliphatic rings. The van der Waals surface area contributed by atoms with Gasteiger partial charge < -0.3 is 5.43 Å². The first kappa shape index (κ1) is 13.9. The third kappa shape index (κ3) is 2.58. The summed E-state index contributed by atoms with van der Waals surface area (Å²) in [6.07, 6.45) is 0. The number of amides is 2. The SMILES string of the molecule is CC1C(=O)NC(=O)CN1Cc1nc(NN)c2ccsc2n1. The number of imide groups is 1. The Bertz CT molecular complexity index is 715. The van der Waals surface area contributed by atoms with Gasteiger partial charge >= 0.3 is 0 Å². The highest BCUT2D eigenvalue weighted by Crippen LogP contribution is 2.25. The summed E-state index contributed by atoms with van der Waals surface area (Å²) in [6, 6.07) is 1.49. The number of hydrogen-bond donors (Lipinski definition) is 3. The van der Waals surface area contributed by atoms with Gasteiger partial charge in [-0.05, 0) is 18.4 Å². The lowest BCUT2D eigenvalue weighted by Crippen LogP contribution is -2.56. The predicted molar refractivity (Wildman–Crippen MR) is 78.2 cm³/mol. The van der Waals surface area contributed by atoms with Crippen LogP contribution in [-0.4, -0.2) is 39.3 Å². The van der Waals surface area contributed by atoms with Crippen LogP contribution in [0.3, 0.4) is 0 Å². The first-order valence-corrected chi connectivity index (χ1v) is 7.25. The number of anilines is 1. The number of carbonyl (C=O) groups excluding carboxylic acids is 2. The van der Waals surface area contributed by atoms with Crippen LogP contribution < -0.4 is 16.6 Å². The molecule has 1 atom stereocenters. The maximum Gasteiger partial charge on any atom is 0.243 e. The second-order valence-electron chi connectivity index (χ2n) is 4.77. The Morgan fingerprint density at radius 3 is 3.10 bits per heavy atom. The highest BCUT2D eigenvalue weighted by atomic mass is 32.1. The molecule has 2 amide bonds. The summed E-state index contributed by atoms with van der Waals surface area (Å²) in [5.74, 6) is 5.92. The molecule has 8 nitrogen and oxygen atoms in total. The van der Waals surface area contributed by atoms with E-state index in [-0.39, 0.29) is 18.4 Å². The highest BCUT2D eigenvalue weighted by molar-refractivity contribution is 7.16. The Labute approximate surface area is 124 Å². The molecular formula is C12H14N6O2S. The molecule has 2 aromatic heterocycles. The van der Waals surface area contributed by atoms with Gasteiger partial charge in [0.25, 0.3) is 0 Å². The van der Waals surface area contributed by atoms with E-state index in [0.29, 0.717) is 18.2 Å². The summed E-state index contributed by atoms with van der Waals surface area (Å²) < 4.78 is 0. The number of fused-ring (bicyclic) bond motifs is 1. The van der Waals surface area contributed by atoms with E-state index >= 15 is 0 Å². The van der Waals surface area contributed by atoms with Crippen molar-refractivity contribution in [3.8, 4) is 0 Å². The zero-order valence-corrected chi connectivity index (χ0v) is 12.1. The molecule has 0 aromatic carbocycles. The second kappa shape index (κ2) is 5.35. The molecular weight excluding hydrogens is 292 g/mol. The average molecular weight is 306 g/mol. The van der Waals surface area contributed by atoms with E-state index in [0.717, 1.165) is 10.2 Å². The smallest absolute Gasteiger partial charge is 0.243 e. The third-order valence-electron chi connectivity index (χ3n) is 3.39. The summed E-state index contributed by atoms with van der Waals surface area (Å²) in [7, 11) is 0. The van der Waals surface area contributed by atoms with Crippen molar-refractivity contribution >= 4 is 39.2 Å². The zero-order valence-electron chi connectivity index (χ0n) is 11.3. The van der Waals surface area contributed by atoms with E-state index in [9.17, 15) is 9.59 Å². The average Bonchev–Trinajstić information content (AvgIpc) is 2.91. The topological polar surface area (TPSA) is 113 Å². The number of nitrogens with zero attached hydrogens (tertiary/aromatic N) is 3. The molecule has 21 heavy (non-hydrogen) atoms. The number of thiophene rings is 1. The molecule has 3 rings (SSSR count). The largest absolute Gasteiger partial charge is 0.308 e. The van der Waals surface area contributed by atoms with Crippen molar-refractivity contribution in [2.75, 3.05) is 12.0 Å². The molecule has 1 saturated heterocycles. The molecule has 1 unspecified atom stereocenters. The van der Waals surface area contributed by atoms with Crippen LogP contribution in [0.25, 0.3) is 10.2 Å². The molecule has 0 radical (unpaired) electrons. The maximum absolute atomic E-state index is 11.7. The van der Waals surface area contributed by atoms with Crippen LogP contribution in [0.15, 0.2) is 11.4 Å². The summed E-state index contributed by atoms with van der Waals surface area (Å²) in [4.78, 5) is 34.5. The summed E-state index contributed by atoms with van der Waals surface area (Å²) in [5.41, 5.74) is 2.55. The van der Waals surface area contributed by atoms with Crippen LogP contribution in [0.4, 0.5) is 5.82 Å². The number of hydrazine groups is 1. The molecule has 2 aromatic rings. The minimum Gasteiger partial charge on any atom is -0.308 e. The first-order chi connectivity index (χ1) is 10.1. The summed E-state index contributed by atoms with van der Waals surface area (Å²) in [5, 5.41) is 5.06. The van der Waals surface area contributed by atoms with Gasteiger partial charge in [-0.2, -0.15) is 0 Å². The minimum absolute atomic E-state index is 0.143. The van der Waals surface area contributed by atoms with E-state index in [1.807, 2.05) is 11.4 Å². The van der Waals surface area contributed by atoms with Crippen molar-refractivity contribution in [3.63, 3.8) is 0 Å². The summed E-state index contributed by atoms with van der Waals surface area (Å²) in [6.45, 7) is 2.19. The quantitative estimate of drug-likeness (QED) is 0.409. The number of piperazine rings is 1. The van der Waals surface area contributed by atoms with Gasteiger partial charge in [-0.3, -0.25) is 19.8 Å². The van der Waals surface area contributed by atoms with Crippen molar-refractivity contribution < 1.29 is 9.59 Å². The van der Waals surface area contributed by atoms with Gasteiger partial charge in [0.15, 0.2) is 5.82 Å². The van der Waals surface area contributed by atoms with Crippen LogP contribution in [0, 0.1) is 0 Å². The molecule has 0 saturated carbocycles. The summed E-state index contributed by atoms with van der Waals surface area (Å²) >= 11 is 1.48. The Morgan fingerprint density at radius 1 is 1.52 bits per heavy atom. The Balaban J connectivity index is 1.90. The van der Waals surface area contributed by atoms with Gasteiger partial charge in [0, 0.05) is 0 Å². The lowest BCUT2D eigenvalue weighted by Gasteiger charge is -2.30. The van der Waals surface area contributed by atoms with E-state index in [1.165, 1.54) is 11.3 Å². The normalized spacial score (nSPS) is 19.8. The number of nitrogen functional groups attached to an aromatic ring is 1. The van der Waals surface area contributed by atoms with Gasteiger partial charge in [-0.15, -0.1) is 11.3 Å². The van der Waals surface area contributed by atoms with Crippen molar-refractivity contribution in [1.29, 1.82) is 0 Å². The van der Waals surface area contributed by atoms with Gasteiger partial charge in [0.1, 0.15) is 10.7 Å². The van der Waals surface area contributed by atoms with Crippen LogP contribution in [0.1, 0.15) is 12.7 Å². The molecule has 3 heterocycles. The van der Waals surface area contributed by atoms with E-state index in [1.54, 1.807) is 11.8 Å². The molecule has 0 bridgehead atoms. The van der Waals surface area contributed by atoms with Crippen LogP contribution in [0.5, 0.6) is 0 Å². The second-order valence-corrected chi connectivity index (χ2v) is 5.66. The molecule has 4 N–H and O–H groups in total. The standard InChI is InChI=1S/C12H14N6O2S/c1-6-11(20)16-9(19)5-18(6)4-8-14-10(17-13)7-2-3-21-12(7)15-8/h2-3,6H,4-5,13H2,1H3,(H,14,15,17)(H,16,19,20). The monoisotopic (exact) mass is 306 g/mol. The Kier molecular flexibility index (Phi) is 3.53. The number of nitrogens with one attached hydrogen (secondary N) is 2. The van der Waals surface area contributed by atoms with Crippen molar-refractivity contribution in [1.82, 2.24) is 20.2 Å². The fraction of sp³-hybridized carbons (Fsp3) is 0.333. The van der Waals surface area contributed by atoms with E-state index in [2.05, 4.69) is 20.7 Å². The molecule has 9 heteroatoms.